The Morgan fingerprint density at radius 1 is 0.921 bits per heavy atom. The van der Waals surface area contributed by atoms with Crippen LogP contribution >= 0.6 is 11.6 Å². The molecular weight excluding hydrogens is 502 g/mol. The van der Waals surface area contributed by atoms with Crippen LogP contribution in [0.2, 0.25) is 5.02 Å². The van der Waals surface area contributed by atoms with Gasteiger partial charge in [-0.3, -0.25) is 4.79 Å². The monoisotopic (exact) mass is 525 g/mol. The molecule has 5 aromatic rings. The van der Waals surface area contributed by atoms with Crippen molar-refractivity contribution in [3.05, 3.63) is 125 Å². The fourth-order valence-corrected chi connectivity index (χ4v) is 4.64. The summed E-state index contributed by atoms with van der Waals surface area (Å²) < 4.78 is 1.71. The third kappa shape index (κ3) is 5.53. The topological polar surface area (TPSA) is 104 Å². The quantitative estimate of drug-likeness (QED) is 0.252. The predicted molar refractivity (Wildman–Crippen MR) is 146 cm³/mol. The van der Waals surface area contributed by atoms with E-state index >= 15 is 0 Å². The Bertz CT molecular complexity index is 1630. The molecule has 0 aliphatic heterocycles. The Morgan fingerprint density at radius 3 is 2.45 bits per heavy atom. The molecule has 3 N–H and O–H groups in total. The molecule has 2 heterocycles. The summed E-state index contributed by atoms with van der Waals surface area (Å²) in [7, 11) is 0. The fourth-order valence-electron chi connectivity index (χ4n) is 4.40. The van der Waals surface area contributed by atoms with Gasteiger partial charge in [-0.1, -0.05) is 66.2 Å². The van der Waals surface area contributed by atoms with Crippen molar-refractivity contribution < 1.29 is 19.8 Å². The number of carbonyl (C=O) groups is 2. The van der Waals surface area contributed by atoms with Crippen molar-refractivity contribution in [2.24, 2.45) is 0 Å². The highest BCUT2D eigenvalue weighted by Gasteiger charge is 2.24. The van der Waals surface area contributed by atoms with Crippen LogP contribution in [0.15, 0.2) is 97.3 Å². The Hall–Kier alpha value is -4.62. The van der Waals surface area contributed by atoms with Gasteiger partial charge in [0.05, 0.1) is 0 Å². The minimum Gasteiger partial charge on any atom is -0.508 e. The minimum atomic E-state index is -1.19. The second kappa shape index (κ2) is 10.8. The highest BCUT2D eigenvalue weighted by molar-refractivity contribution is 6.33. The molecule has 0 bridgehead atoms. The average Bonchev–Trinajstić information content (AvgIpc) is 3.34. The van der Waals surface area contributed by atoms with Crippen LogP contribution in [0.25, 0.3) is 16.8 Å². The van der Waals surface area contributed by atoms with Crippen LogP contribution in [0.1, 0.15) is 27.2 Å². The molecule has 8 heteroatoms. The lowest BCUT2D eigenvalue weighted by Gasteiger charge is -2.17. The third-order valence-corrected chi connectivity index (χ3v) is 6.65. The van der Waals surface area contributed by atoms with E-state index in [-0.39, 0.29) is 17.9 Å². The summed E-state index contributed by atoms with van der Waals surface area (Å²) in [5.74, 6) is -1.66. The Kier molecular flexibility index (Phi) is 7.11. The lowest BCUT2D eigenvalue weighted by molar-refractivity contribution is -0.139. The number of phenols is 1. The molecule has 0 unspecified atom stereocenters. The number of aromatic nitrogens is 2. The number of hydrogen-bond acceptors (Lipinski definition) is 4. The molecule has 2 aromatic heterocycles. The van der Waals surface area contributed by atoms with Crippen molar-refractivity contribution in [1.82, 2.24) is 14.7 Å². The number of carboxylic acids is 1. The van der Waals surface area contributed by atoms with E-state index in [0.29, 0.717) is 17.1 Å². The molecule has 1 amide bonds. The SMILES string of the molecule is O=C(N[C@@H](Cc1ccc(O)cc1Cc1ccccc1)C(=O)O)c1cn2cc(-c3ccccc3Cl)ccc2n1. The largest absolute Gasteiger partial charge is 0.508 e. The molecule has 0 saturated carbocycles. The number of fused-ring (bicyclic) bond motifs is 1. The van der Waals surface area contributed by atoms with Crippen LogP contribution in [-0.2, 0) is 17.6 Å². The number of phenolic OH excluding ortho intramolecular Hbond substituents is 1. The van der Waals surface area contributed by atoms with Gasteiger partial charge in [0.15, 0.2) is 0 Å². The van der Waals surface area contributed by atoms with Crippen molar-refractivity contribution in [2.45, 2.75) is 18.9 Å². The standard InChI is InChI=1S/C30H24ClN3O4/c31-25-9-5-4-8-24(25)21-11-13-28-32-27(18-34(28)17-21)29(36)33-26(30(37)38)16-20-10-12-23(35)15-22(20)14-19-6-2-1-3-7-19/h1-13,15,17-18,26,35H,14,16H2,(H,33,36)(H,37,38)/t26-/m0/s1. The van der Waals surface area contributed by atoms with E-state index in [1.807, 2.05) is 60.8 Å². The second-order valence-electron chi connectivity index (χ2n) is 8.97. The van der Waals surface area contributed by atoms with Crippen molar-refractivity contribution in [3.63, 3.8) is 0 Å². The van der Waals surface area contributed by atoms with Gasteiger partial charge in [0.2, 0.25) is 0 Å². The first-order valence-corrected chi connectivity index (χ1v) is 12.4. The first-order chi connectivity index (χ1) is 18.4. The molecule has 0 aliphatic carbocycles. The Morgan fingerprint density at radius 2 is 1.68 bits per heavy atom. The number of rotatable bonds is 8. The molecule has 190 valence electrons. The molecule has 3 aromatic carbocycles. The Labute approximate surface area is 224 Å². The molecular formula is C30H24ClN3O4. The maximum absolute atomic E-state index is 13.0. The number of benzene rings is 3. The highest BCUT2D eigenvalue weighted by atomic mass is 35.5. The van der Waals surface area contributed by atoms with Gasteiger partial charge in [-0.2, -0.15) is 0 Å². The number of halogens is 1. The normalized spacial score (nSPS) is 11.8. The number of imidazole rings is 1. The number of aromatic hydroxyl groups is 1. The van der Waals surface area contributed by atoms with E-state index in [1.165, 1.54) is 6.07 Å². The van der Waals surface area contributed by atoms with Crippen molar-refractivity contribution >= 4 is 29.1 Å². The van der Waals surface area contributed by atoms with E-state index < -0.39 is 17.9 Å². The molecule has 0 radical (unpaired) electrons. The second-order valence-corrected chi connectivity index (χ2v) is 9.38. The maximum atomic E-state index is 13.0. The number of nitrogens with zero attached hydrogens (tertiary/aromatic N) is 2. The minimum absolute atomic E-state index is 0.0492. The van der Waals surface area contributed by atoms with E-state index in [0.717, 1.165) is 27.8 Å². The molecule has 7 nitrogen and oxygen atoms in total. The van der Waals surface area contributed by atoms with Gasteiger partial charge < -0.3 is 19.9 Å². The van der Waals surface area contributed by atoms with Gasteiger partial charge in [-0.25, -0.2) is 9.78 Å². The molecule has 1 atom stereocenters. The number of aliphatic carboxylic acids is 1. The third-order valence-electron chi connectivity index (χ3n) is 6.32. The number of amides is 1. The molecule has 0 spiro atoms. The van der Waals surface area contributed by atoms with Crippen molar-refractivity contribution in [3.8, 4) is 16.9 Å². The first-order valence-electron chi connectivity index (χ1n) is 12.0. The van der Waals surface area contributed by atoms with Crippen LogP contribution in [0.3, 0.4) is 0 Å². The zero-order valence-corrected chi connectivity index (χ0v) is 21.0. The summed E-state index contributed by atoms with van der Waals surface area (Å²) in [6, 6.07) is 24.4. The van der Waals surface area contributed by atoms with Gasteiger partial charge in [-0.15, -0.1) is 0 Å². The summed E-state index contributed by atoms with van der Waals surface area (Å²) in [6.07, 6.45) is 3.95. The lowest BCUT2D eigenvalue weighted by atomic mass is 9.95. The first kappa shape index (κ1) is 25.0. The molecule has 0 aliphatic rings. The summed E-state index contributed by atoms with van der Waals surface area (Å²) in [5.41, 5.74) is 4.88. The Balaban J connectivity index is 1.37. The summed E-state index contributed by atoms with van der Waals surface area (Å²) >= 11 is 6.33. The van der Waals surface area contributed by atoms with Crippen LogP contribution in [0.5, 0.6) is 5.75 Å². The van der Waals surface area contributed by atoms with Crippen molar-refractivity contribution in [2.75, 3.05) is 0 Å². The van der Waals surface area contributed by atoms with E-state index in [9.17, 15) is 19.8 Å². The number of carbonyl (C=O) groups excluding carboxylic acids is 1. The molecule has 5 rings (SSSR count). The van der Waals surface area contributed by atoms with Crippen LogP contribution in [0, 0.1) is 0 Å². The average molecular weight is 526 g/mol. The predicted octanol–water partition coefficient (Wildman–Crippen LogP) is 5.38. The van der Waals surface area contributed by atoms with Gasteiger partial charge >= 0.3 is 5.97 Å². The number of pyridine rings is 1. The maximum Gasteiger partial charge on any atom is 0.326 e. The number of carboxylic acid groups (broad SMARTS) is 1. The molecule has 38 heavy (non-hydrogen) atoms. The highest BCUT2D eigenvalue weighted by Crippen LogP contribution is 2.28. The summed E-state index contributed by atoms with van der Waals surface area (Å²) in [6.45, 7) is 0. The lowest BCUT2D eigenvalue weighted by Crippen LogP contribution is -2.42. The smallest absolute Gasteiger partial charge is 0.326 e. The van der Waals surface area contributed by atoms with Crippen LogP contribution in [0.4, 0.5) is 0 Å². The van der Waals surface area contributed by atoms with Crippen LogP contribution in [-0.4, -0.2) is 37.5 Å². The number of hydrogen-bond donors (Lipinski definition) is 3. The van der Waals surface area contributed by atoms with Crippen molar-refractivity contribution in [1.29, 1.82) is 0 Å². The van der Waals surface area contributed by atoms with Gasteiger partial charge in [0.25, 0.3) is 5.91 Å². The van der Waals surface area contributed by atoms with E-state index in [4.69, 9.17) is 11.6 Å². The summed E-state index contributed by atoms with van der Waals surface area (Å²) in [5, 5.41) is 23.1. The molecule has 0 saturated heterocycles. The summed E-state index contributed by atoms with van der Waals surface area (Å²) in [4.78, 5) is 29.5. The zero-order chi connectivity index (χ0) is 26.6. The van der Waals surface area contributed by atoms with Gasteiger partial charge in [0, 0.05) is 29.4 Å². The fraction of sp³-hybridized carbons (Fsp3) is 0.100. The van der Waals surface area contributed by atoms with Crippen LogP contribution < -0.4 is 5.32 Å². The number of nitrogens with one attached hydrogen (secondary N) is 1. The van der Waals surface area contributed by atoms with Gasteiger partial charge in [-0.05, 0) is 59.0 Å². The van der Waals surface area contributed by atoms with Gasteiger partial charge in [0.1, 0.15) is 23.1 Å². The zero-order valence-electron chi connectivity index (χ0n) is 20.2. The van der Waals surface area contributed by atoms with E-state index in [1.54, 1.807) is 34.9 Å². The molecule has 0 fully saturated rings. The van der Waals surface area contributed by atoms with E-state index in [2.05, 4.69) is 10.3 Å².